The van der Waals surface area contributed by atoms with Gasteiger partial charge in [0.15, 0.2) is 0 Å². The molecule has 55 heavy (non-hydrogen) atoms. The van der Waals surface area contributed by atoms with Crippen LogP contribution in [-0.4, -0.2) is 68.5 Å². The van der Waals surface area contributed by atoms with Crippen molar-refractivity contribution in [3.05, 3.63) is 60.8 Å². The van der Waals surface area contributed by atoms with E-state index < -0.39 is 20.0 Å². The number of carbonyl (C=O) groups is 1. The van der Waals surface area contributed by atoms with E-state index in [2.05, 4.69) is 67.8 Å². The lowest BCUT2D eigenvalue weighted by Crippen LogP contribution is -2.45. The van der Waals surface area contributed by atoms with E-state index in [0.29, 0.717) is 17.4 Å². The summed E-state index contributed by atoms with van der Waals surface area (Å²) < 4.78 is 22.9. The van der Waals surface area contributed by atoms with Crippen molar-refractivity contribution in [3.8, 4) is 0 Å². The molecule has 0 aliphatic rings. The first-order chi connectivity index (χ1) is 26.5. The van der Waals surface area contributed by atoms with Gasteiger partial charge in [0.2, 0.25) is 5.91 Å². The number of nitrogens with zero attached hydrogens (tertiary/aromatic N) is 1. The predicted molar refractivity (Wildman–Crippen MR) is 233 cm³/mol. The van der Waals surface area contributed by atoms with Crippen molar-refractivity contribution in [3.63, 3.8) is 0 Å². The maximum atomic E-state index is 12.7. The number of aliphatic hydroxyl groups excluding tert-OH is 1. The number of hydrogen-bond acceptors (Lipinski definition) is 6. The molecule has 8 nitrogen and oxygen atoms in total. The van der Waals surface area contributed by atoms with E-state index in [-0.39, 0.29) is 19.1 Å². The fraction of sp³-hybridized carbons (Fsp3) is 0.761. The molecule has 0 aromatic heterocycles. The minimum atomic E-state index is -4.57. The van der Waals surface area contributed by atoms with E-state index in [1.165, 1.54) is 89.9 Å². The number of carbonyl (C=O) groups excluding carboxylic acids is 1. The number of allylic oxidation sites excluding steroid dienone is 9. The number of phosphoric acid groups is 1. The molecule has 0 saturated heterocycles. The van der Waals surface area contributed by atoms with Crippen LogP contribution in [0, 0.1) is 0 Å². The van der Waals surface area contributed by atoms with Crippen molar-refractivity contribution in [2.24, 2.45) is 0 Å². The van der Waals surface area contributed by atoms with Crippen molar-refractivity contribution in [1.29, 1.82) is 0 Å². The fourth-order valence-electron chi connectivity index (χ4n) is 5.95. The van der Waals surface area contributed by atoms with Crippen molar-refractivity contribution < 1.29 is 32.9 Å². The second-order valence-corrected chi connectivity index (χ2v) is 17.4. The molecule has 0 spiro atoms. The van der Waals surface area contributed by atoms with Gasteiger partial charge in [-0.15, -0.1) is 0 Å². The Morgan fingerprint density at radius 2 is 1.11 bits per heavy atom. The van der Waals surface area contributed by atoms with E-state index in [1.54, 1.807) is 6.08 Å². The highest BCUT2D eigenvalue weighted by atomic mass is 31.2. The average molecular weight is 793 g/mol. The molecule has 9 heteroatoms. The molecule has 0 aliphatic carbocycles. The summed E-state index contributed by atoms with van der Waals surface area (Å²) in [5.41, 5.74) is 0. The maximum absolute atomic E-state index is 12.7. The van der Waals surface area contributed by atoms with Crippen molar-refractivity contribution >= 4 is 13.7 Å². The van der Waals surface area contributed by atoms with Crippen molar-refractivity contribution in [1.82, 2.24) is 5.32 Å². The molecule has 0 fully saturated rings. The smallest absolute Gasteiger partial charge is 0.268 e. The second kappa shape index (κ2) is 37.8. The molecule has 320 valence electrons. The average Bonchev–Trinajstić information content (AvgIpc) is 3.13. The number of likely N-dealkylation sites (N-methyl/N-ethyl adjacent to an activating group) is 1. The number of quaternary nitrogens is 1. The highest BCUT2D eigenvalue weighted by Gasteiger charge is 2.23. The summed E-state index contributed by atoms with van der Waals surface area (Å²) in [5.74, 6) is -0.209. The zero-order valence-corrected chi connectivity index (χ0v) is 37.0. The van der Waals surface area contributed by atoms with Crippen LogP contribution in [0.15, 0.2) is 60.8 Å². The van der Waals surface area contributed by atoms with E-state index >= 15 is 0 Å². The van der Waals surface area contributed by atoms with Gasteiger partial charge in [0.05, 0.1) is 39.9 Å². The first-order valence-electron chi connectivity index (χ1n) is 22.2. The third kappa shape index (κ3) is 40.2. The zero-order valence-electron chi connectivity index (χ0n) is 36.1. The van der Waals surface area contributed by atoms with Crippen LogP contribution in [0.1, 0.15) is 174 Å². The third-order valence-electron chi connectivity index (χ3n) is 9.48. The summed E-state index contributed by atoms with van der Waals surface area (Å²) in [4.78, 5) is 25.0. The fourth-order valence-corrected chi connectivity index (χ4v) is 6.67. The van der Waals surface area contributed by atoms with Gasteiger partial charge in [0, 0.05) is 6.42 Å². The highest BCUT2D eigenvalue weighted by Crippen LogP contribution is 2.38. The number of amides is 1. The van der Waals surface area contributed by atoms with E-state index in [1.807, 2.05) is 27.2 Å². The van der Waals surface area contributed by atoms with E-state index in [4.69, 9.17) is 9.05 Å². The number of hydrogen-bond donors (Lipinski definition) is 2. The topological polar surface area (TPSA) is 108 Å². The Morgan fingerprint density at radius 1 is 0.655 bits per heavy atom. The Hall–Kier alpha value is -1.80. The lowest BCUT2D eigenvalue weighted by molar-refractivity contribution is -0.870. The summed E-state index contributed by atoms with van der Waals surface area (Å²) in [7, 11) is 1.25. The minimum absolute atomic E-state index is 0.00360. The monoisotopic (exact) mass is 793 g/mol. The molecular formula is C46H85N2O6P. The first-order valence-corrected chi connectivity index (χ1v) is 23.6. The summed E-state index contributed by atoms with van der Waals surface area (Å²) in [6, 6.07) is -0.882. The van der Waals surface area contributed by atoms with Gasteiger partial charge < -0.3 is 28.8 Å². The first kappa shape index (κ1) is 53.2. The van der Waals surface area contributed by atoms with Crippen molar-refractivity contribution in [2.45, 2.75) is 187 Å². The molecule has 0 aromatic rings. The Bertz CT molecular complexity index is 1080. The van der Waals surface area contributed by atoms with Gasteiger partial charge in [0.25, 0.3) is 7.82 Å². The molecule has 0 saturated carbocycles. The van der Waals surface area contributed by atoms with E-state index in [9.17, 15) is 19.4 Å². The minimum Gasteiger partial charge on any atom is -0.756 e. The molecule has 0 radical (unpaired) electrons. The van der Waals surface area contributed by atoms with Gasteiger partial charge in [0.1, 0.15) is 13.2 Å². The molecule has 2 N–H and O–H groups in total. The van der Waals surface area contributed by atoms with Crippen LogP contribution in [0.25, 0.3) is 0 Å². The van der Waals surface area contributed by atoms with Crippen molar-refractivity contribution in [2.75, 3.05) is 40.9 Å². The molecule has 1 amide bonds. The van der Waals surface area contributed by atoms with Gasteiger partial charge in [-0.3, -0.25) is 9.36 Å². The molecule has 0 aliphatic heterocycles. The second-order valence-electron chi connectivity index (χ2n) is 16.0. The van der Waals surface area contributed by atoms with Gasteiger partial charge in [-0.05, 0) is 51.4 Å². The van der Waals surface area contributed by atoms with Crippen LogP contribution in [0.5, 0.6) is 0 Å². The van der Waals surface area contributed by atoms with Crippen LogP contribution in [0.3, 0.4) is 0 Å². The number of rotatable bonds is 39. The number of phosphoric ester groups is 1. The van der Waals surface area contributed by atoms with Crippen LogP contribution in [0.4, 0.5) is 0 Å². The van der Waals surface area contributed by atoms with Crippen LogP contribution >= 0.6 is 7.82 Å². The molecule has 0 rings (SSSR count). The summed E-state index contributed by atoms with van der Waals surface area (Å²) in [6.45, 7) is 4.36. The quantitative estimate of drug-likeness (QED) is 0.0278. The van der Waals surface area contributed by atoms with Crippen LogP contribution in [-0.2, 0) is 18.4 Å². The molecule has 0 bridgehead atoms. The Kier molecular flexibility index (Phi) is 36.5. The molecule has 0 aromatic carbocycles. The Labute approximate surface area is 339 Å². The number of aliphatic hydroxyl groups is 1. The highest BCUT2D eigenvalue weighted by molar-refractivity contribution is 7.45. The molecule has 0 heterocycles. The van der Waals surface area contributed by atoms with Gasteiger partial charge in [-0.25, -0.2) is 0 Å². The Balaban J connectivity index is 3.88. The van der Waals surface area contributed by atoms with E-state index in [0.717, 1.165) is 64.2 Å². The zero-order chi connectivity index (χ0) is 40.7. The lowest BCUT2D eigenvalue weighted by atomic mass is 10.0. The molecule has 3 unspecified atom stereocenters. The van der Waals surface area contributed by atoms with Crippen LogP contribution < -0.4 is 10.2 Å². The SMILES string of the molecule is CC/C=C\C/C=C\C/C=C\C/C=C\CCCCCCCCCCCCCCCCCCC(=O)NC(COP(=O)([O-])OCC[N+](C)(C)C)C(O)/C=C/CCCC. The molecule has 3 atom stereocenters. The third-order valence-corrected chi connectivity index (χ3v) is 10.4. The Morgan fingerprint density at radius 3 is 1.60 bits per heavy atom. The lowest BCUT2D eigenvalue weighted by Gasteiger charge is -2.29. The number of unbranched alkanes of at least 4 members (excludes halogenated alkanes) is 18. The summed E-state index contributed by atoms with van der Waals surface area (Å²) >= 11 is 0. The number of nitrogens with one attached hydrogen (secondary N) is 1. The maximum Gasteiger partial charge on any atom is 0.268 e. The normalized spacial score (nSPS) is 15.0. The predicted octanol–water partition coefficient (Wildman–Crippen LogP) is 11.6. The van der Waals surface area contributed by atoms with Gasteiger partial charge >= 0.3 is 0 Å². The van der Waals surface area contributed by atoms with Gasteiger partial charge in [-0.2, -0.15) is 0 Å². The van der Waals surface area contributed by atoms with Crippen LogP contribution in [0.2, 0.25) is 0 Å². The summed E-state index contributed by atoms with van der Waals surface area (Å²) in [6.07, 6.45) is 49.2. The largest absolute Gasteiger partial charge is 0.756 e. The summed E-state index contributed by atoms with van der Waals surface area (Å²) in [5, 5.41) is 13.5. The molecular weight excluding hydrogens is 707 g/mol. The standard InChI is InChI=1S/C46H85N2O6P/c1-6-8-10-12-13-14-15-16-17-18-19-20-21-22-23-24-25-26-27-28-29-30-31-32-33-34-35-36-38-40-46(50)47-44(45(49)39-37-11-9-7-2)43-54-55(51,52)53-42-41-48(3,4)5/h8,10,13-14,16-17,19-20,37,39,44-45,49H,6-7,9,11-12,15,18,21-36,38,40-43H2,1-5H3,(H-,47,50,51,52)/b10-8-,14-13-,17-16-,20-19-,39-37+. The van der Waals surface area contributed by atoms with Gasteiger partial charge in [-0.1, -0.05) is 177 Å².